The molecule has 0 atom stereocenters. The predicted octanol–water partition coefficient (Wildman–Crippen LogP) is 2.63. The van der Waals surface area contributed by atoms with E-state index in [1.54, 1.807) is 17.6 Å². The molecular weight excluding hydrogens is 302 g/mol. The highest BCUT2D eigenvalue weighted by Crippen LogP contribution is 2.24. The lowest BCUT2D eigenvalue weighted by Crippen LogP contribution is -1.83. The van der Waals surface area contributed by atoms with Gasteiger partial charge in [0.15, 0.2) is 0 Å². The molecule has 2 rings (SSSR count). The molecule has 0 aliphatic rings. The molecular formula is C10H8BrN5S. The van der Waals surface area contributed by atoms with Crippen LogP contribution in [0.5, 0.6) is 0 Å². The average Bonchev–Trinajstić information content (AvgIpc) is 2.76. The molecule has 0 saturated heterocycles. The van der Waals surface area contributed by atoms with Crippen LogP contribution in [0.25, 0.3) is 10.2 Å². The van der Waals surface area contributed by atoms with Gasteiger partial charge in [0.1, 0.15) is 5.01 Å². The van der Waals surface area contributed by atoms with Crippen LogP contribution in [0.1, 0.15) is 5.01 Å². The molecule has 86 valence electrons. The lowest BCUT2D eigenvalue weighted by molar-refractivity contribution is 1.26. The third kappa shape index (κ3) is 4.19. The van der Waals surface area contributed by atoms with E-state index >= 15 is 0 Å². The number of nitrogens with two attached hydrogens (primary N) is 1. The predicted molar refractivity (Wildman–Crippen MR) is 72.4 cm³/mol. The summed E-state index contributed by atoms with van der Waals surface area (Å²) in [5, 5.41) is 17.3. The summed E-state index contributed by atoms with van der Waals surface area (Å²) in [6.07, 6.45) is 1.55. The number of hydrazone groups is 1. The van der Waals surface area contributed by atoms with Crippen LogP contribution < -0.4 is 5.84 Å². The Hall–Kier alpha value is -1.96. The van der Waals surface area contributed by atoms with E-state index in [2.05, 4.69) is 39.2 Å². The molecule has 0 amide bonds. The quantitative estimate of drug-likeness (QED) is 0.497. The Labute approximate surface area is 111 Å². The van der Waals surface area contributed by atoms with E-state index in [-0.39, 0.29) is 0 Å². The van der Waals surface area contributed by atoms with Crippen molar-refractivity contribution in [1.82, 2.24) is 4.98 Å². The smallest absolute Gasteiger partial charge is 0.137 e. The lowest BCUT2D eigenvalue weighted by Gasteiger charge is -1.86. The maximum atomic E-state index is 6.50. The molecule has 0 spiro atoms. The van der Waals surface area contributed by atoms with Crippen molar-refractivity contribution in [3.63, 3.8) is 0 Å². The van der Waals surface area contributed by atoms with Gasteiger partial charge in [0.2, 0.25) is 0 Å². The molecule has 2 N–H and O–H groups in total. The van der Waals surface area contributed by atoms with E-state index in [9.17, 15) is 0 Å². The van der Waals surface area contributed by atoms with Gasteiger partial charge in [-0.2, -0.15) is 5.10 Å². The molecule has 1 aromatic carbocycles. The maximum Gasteiger partial charge on any atom is 0.137 e. The van der Waals surface area contributed by atoms with Gasteiger partial charge < -0.3 is 5.84 Å². The molecule has 0 aliphatic heterocycles. The molecule has 7 heteroatoms. The fraction of sp³-hybridized carbons (Fsp3) is 0. The summed E-state index contributed by atoms with van der Waals surface area (Å²) >= 11 is 4.97. The Kier molecular flexibility index (Phi) is 7.27. The van der Waals surface area contributed by atoms with Crippen molar-refractivity contribution in [3.8, 4) is 13.1 Å². The largest absolute Gasteiger partial charge is 0.323 e. The number of nitriles is 2. The van der Waals surface area contributed by atoms with Gasteiger partial charge in [-0.3, -0.25) is 0 Å². The Morgan fingerprint density at radius 3 is 2.59 bits per heavy atom. The molecule has 5 nitrogen and oxygen atoms in total. The number of aromatic nitrogens is 1. The second-order valence-electron chi connectivity index (χ2n) is 2.44. The van der Waals surface area contributed by atoms with Crippen LogP contribution in [0.15, 0.2) is 27.8 Å². The van der Waals surface area contributed by atoms with Crippen LogP contribution in [0.3, 0.4) is 0 Å². The molecule has 0 unspecified atom stereocenters. The summed E-state index contributed by atoms with van der Waals surface area (Å²) in [4.78, 5) is 4.31. The minimum atomic E-state index is 0.829. The molecule has 0 aliphatic carbocycles. The molecule has 2 aromatic rings. The number of rotatable bonds is 1. The van der Waals surface area contributed by atoms with Crippen LogP contribution in [-0.4, -0.2) is 11.2 Å². The summed E-state index contributed by atoms with van der Waals surface area (Å²) < 4.78 is 2.18. The normalized spacial score (nSPS) is 9.00. The van der Waals surface area contributed by atoms with Gasteiger partial charge >= 0.3 is 0 Å². The Morgan fingerprint density at radius 1 is 1.35 bits per heavy atom. The van der Waals surface area contributed by atoms with E-state index in [0.29, 0.717) is 0 Å². The van der Waals surface area contributed by atoms with Crippen LogP contribution >= 0.6 is 27.3 Å². The molecule has 0 fully saturated rings. The van der Waals surface area contributed by atoms with Gasteiger partial charge in [0, 0.05) is 17.6 Å². The van der Waals surface area contributed by atoms with Gasteiger partial charge in [-0.25, -0.2) is 15.5 Å². The first-order valence-corrected chi connectivity index (χ1v) is 5.71. The number of benzene rings is 1. The van der Waals surface area contributed by atoms with Crippen LogP contribution in [0, 0.1) is 23.7 Å². The average molecular weight is 310 g/mol. The van der Waals surface area contributed by atoms with Crippen molar-refractivity contribution in [2.24, 2.45) is 10.9 Å². The van der Waals surface area contributed by atoms with Crippen LogP contribution in [-0.2, 0) is 0 Å². The molecule has 0 bridgehead atoms. The molecule has 17 heavy (non-hydrogen) atoms. The van der Waals surface area contributed by atoms with Crippen molar-refractivity contribution in [2.45, 2.75) is 0 Å². The number of nitrogens with zero attached hydrogens (tertiary/aromatic N) is 4. The first-order valence-electron chi connectivity index (χ1n) is 4.10. The zero-order valence-corrected chi connectivity index (χ0v) is 11.0. The minimum absolute atomic E-state index is 0.829. The topological polar surface area (TPSA) is 98.8 Å². The van der Waals surface area contributed by atoms with Gasteiger partial charge in [-0.15, -0.1) is 11.3 Å². The van der Waals surface area contributed by atoms with E-state index < -0.39 is 0 Å². The Balaban J connectivity index is 0.000000581. The summed E-state index contributed by atoms with van der Waals surface area (Å²) in [6.45, 7) is 7.00. The van der Waals surface area contributed by atoms with E-state index in [1.807, 2.05) is 18.2 Å². The van der Waals surface area contributed by atoms with Gasteiger partial charge in [0.25, 0.3) is 0 Å². The van der Waals surface area contributed by atoms with E-state index in [4.69, 9.17) is 16.4 Å². The van der Waals surface area contributed by atoms with Gasteiger partial charge in [0.05, 0.1) is 16.4 Å². The first-order chi connectivity index (χ1) is 8.29. The van der Waals surface area contributed by atoms with Crippen molar-refractivity contribution >= 4 is 43.7 Å². The van der Waals surface area contributed by atoms with Crippen molar-refractivity contribution in [2.75, 3.05) is 0 Å². The summed E-state index contributed by atoms with van der Waals surface area (Å²) in [7, 11) is 0. The number of hydrogen-bond donors (Lipinski definition) is 1. The fourth-order valence-electron chi connectivity index (χ4n) is 1.04. The highest BCUT2D eigenvalue weighted by Gasteiger charge is 2.01. The first kappa shape index (κ1) is 15.0. The highest BCUT2D eigenvalue weighted by molar-refractivity contribution is 9.10. The molecule has 0 saturated carbocycles. The van der Waals surface area contributed by atoms with E-state index in [1.165, 1.54) is 0 Å². The standard InChI is InChI=1S/C8H6BrN3S.2CHN/c9-5-1-2-6-7(3-5)13-8(12-6)4-11-10;2*1-2/h1-4H,10H2;2*1H. The van der Waals surface area contributed by atoms with Crippen molar-refractivity contribution in [1.29, 1.82) is 10.5 Å². The third-order valence-corrected chi connectivity index (χ3v) is 3.00. The van der Waals surface area contributed by atoms with Crippen molar-refractivity contribution in [3.05, 3.63) is 27.7 Å². The minimum Gasteiger partial charge on any atom is -0.323 e. The summed E-state index contributed by atoms with van der Waals surface area (Å²) in [5.41, 5.74) is 0.975. The third-order valence-electron chi connectivity index (χ3n) is 1.55. The second kappa shape index (κ2) is 8.22. The molecule has 1 aromatic heterocycles. The maximum absolute atomic E-state index is 6.50. The zero-order valence-electron chi connectivity index (χ0n) is 8.62. The monoisotopic (exact) mass is 309 g/mol. The van der Waals surface area contributed by atoms with E-state index in [0.717, 1.165) is 19.7 Å². The van der Waals surface area contributed by atoms with Gasteiger partial charge in [-0.05, 0) is 18.2 Å². The molecule has 0 radical (unpaired) electrons. The fourth-order valence-corrected chi connectivity index (χ4v) is 2.43. The van der Waals surface area contributed by atoms with Gasteiger partial charge in [-0.1, -0.05) is 15.9 Å². The molecule has 1 heterocycles. The Bertz CT molecular complexity index is 537. The number of hydrogen-bond acceptors (Lipinski definition) is 6. The van der Waals surface area contributed by atoms with Crippen LogP contribution in [0.2, 0.25) is 0 Å². The second-order valence-corrected chi connectivity index (χ2v) is 4.42. The number of halogens is 1. The highest BCUT2D eigenvalue weighted by atomic mass is 79.9. The van der Waals surface area contributed by atoms with Crippen molar-refractivity contribution < 1.29 is 0 Å². The number of thiazole rings is 1. The lowest BCUT2D eigenvalue weighted by atomic mass is 10.3. The Morgan fingerprint density at radius 2 is 2.00 bits per heavy atom. The summed E-state index contributed by atoms with van der Waals surface area (Å²) in [6, 6.07) is 5.95. The zero-order chi connectivity index (χ0) is 13.3. The summed E-state index contributed by atoms with van der Waals surface area (Å²) in [5.74, 6) is 5.04. The number of fused-ring (bicyclic) bond motifs is 1. The van der Waals surface area contributed by atoms with Crippen LogP contribution in [0.4, 0.5) is 0 Å². The SMILES string of the molecule is C#N.C#N.NN=Cc1nc2ccc(Br)cc2s1.